The third-order valence-electron chi connectivity index (χ3n) is 4.51. The number of aliphatic hydroxyl groups is 1. The monoisotopic (exact) mass is 414 g/mol. The number of benzene rings is 2. The predicted molar refractivity (Wildman–Crippen MR) is 94.8 cm³/mol. The van der Waals surface area contributed by atoms with Crippen LogP contribution in [0.3, 0.4) is 0 Å². The first-order chi connectivity index (χ1) is 13.5. The van der Waals surface area contributed by atoms with E-state index in [4.69, 9.17) is 5.73 Å². The number of aliphatic hydroxyl groups excluding tert-OH is 1. The molecule has 1 aromatic heterocycles. The van der Waals surface area contributed by atoms with Crippen molar-refractivity contribution in [1.29, 1.82) is 0 Å². The summed E-state index contributed by atoms with van der Waals surface area (Å²) in [6, 6.07) is 11.1. The molecular formula is C20H16F6N2O. The molecule has 0 saturated heterocycles. The summed E-state index contributed by atoms with van der Waals surface area (Å²) >= 11 is 0. The highest BCUT2D eigenvalue weighted by molar-refractivity contribution is 5.86. The van der Waals surface area contributed by atoms with E-state index in [9.17, 15) is 31.4 Å². The molecule has 9 heteroatoms. The van der Waals surface area contributed by atoms with Gasteiger partial charge in [-0.1, -0.05) is 42.5 Å². The molecule has 0 aliphatic carbocycles. The van der Waals surface area contributed by atoms with Gasteiger partial charge in [0.25, 0.3) is 0 Å². The van der Waals surface area contributed by atoms with Crippen molar-refractivity contribution in [2.24, 2.45) is 5.73 Å². The molecule has 2 atom stereocenters. The second-order valence-electron chi connectivity index (χ2n) is 6.59. The molecule has 0 aliphatic heterocycles. The Bertz CT molecular complexity index is 1000. The molecule has 0 saturated carbocycles. The van der Waals surface area contributed by atoms with E-state index < -0.39 is 41.3 Å². The SMILES string of the molecule is N[C@@H](Cc1ccccc1)C(O)c1cc(C(F)(F)F)nc2c(C(F)(F)F)cccc12. The van der Waals surface area contributed by atoms with E-state index in [0.717, 1.165) is 11.6 Å². The maximum atomic E-state index is 13.3. The summed E-state index contributed by atoms with van der Waals surface area (Å²) in [5.41, 5.74) is 2.64. The van der Waals surface area contributed by atoms with Gasteiger partial charge in [-0.25, -0.2) is 4.98 Å². The zero-order valence-electron chi connectivity index (χ0n) is 14.8. The zero-order valence-corrected chi connectivity index (χ0v) is 14.8. The van der Waals surface area contributed by atoms with E-state index in [1.807, 2.05) is 0 Å². The Morgan fingerprint density at radius 1 is 0.897 bits per heavy atom. The van der Waals surface area contributed by atoms with Crippen LogP contribution >= 0.6 is 0 Å². The fourth-order valence-corrected chi connectivity index (χ4v) is 3.12. The van der Waals surface area contributed by atoms with Crippen LogP contribution in [0.5, 0.6) is 0 Å². The summed E-state index contributed by atoms with van der Waals surface area (Å²) in [6.07, 6.45) is -11.4. The number of hydrogen-bond donors (Lipinski definition) is 2. The largest absolute Gasteiger partial charge is 0.433 e. The first kappa shape index (κ1) is 21.1. The van der Waals surface area contributed by atoms with Crippen molar-refractivity contribution >= 4 is 10.9 Å². The molecule has 1 heterocycles. The first-order valence-electron chi connectivity index (χ1n) is 8.54. The van der Waals surface area contributed by atoms with Gasteiger partial charge in [0.1, 0.15) is 5.69 Å². The van der Waals surface area contributed by atoms with Gasteiger partial charge in [0.2, 0.25) is 0 Å². The summed E-state index contributed by atoms with van der Waals surface area (Å²) in [5.74, 6) is 0. The highest BCUT2D eigenvalue weighted by Crippen LogP contribution is 2.39. The molecule has 0 fully saturated rings. The molecule has 3 N–H and O–H groups in total. The van der Waals surface area contributed by atoms with Crippen LogP contribution in [-0.4, -0.2) is 16.1 Å². The van der Waals surface area contributed by atoms with Crippen molar-refractivity contribution in [2.75, 3.05) is 0 Å². The van der Waals surface area contributed by atoms with Crippen LogP contribution in [0.15, 0.2) is 54.6 Å². The van der Waals surface area contributed by atoms with Crippen LogP contribution < -0.4 is 5.73 Å². The second kappa shape index (κ2) is 7.64. The summed E-state index contributed by atoms with van der Waals surface area (Å²) in [4.78, 5) is 3.20. The van der Waals surface area contributed by atoms with Gasteiger partial charge in [-0.2, -0.15) is 26.3 Å². The quantitative estimate of drug-likeness (QED) is 0.599. The first-order valence-corrected chi connectivity index (χ1v) is 8.54. The van der Waals surface area contributed by atoms with Gasteiger partial charge >= 0.3 is 12.4 Å². The van der Waals surface area contributed by atoms with Crippen molar-refractivity contribution in [3.05, 3.63) is 77.0 Å². The Labute approximate surface area is 161 Å². The zero-order chi connectivity index (χ0) is 21.4. The van der Waals surface area contributed by atoms with Gasteiger partial charge in [0.15, 0.2) is 0 Å². The van der Waals surface area contributed by atoms with Crippen LogP contribution in [0, 0.1) is 0 Å². The number of fused-ring (bicyclic) bond motifs is 1. The molecular weight excluding hydrogens is 398 g/mol. The van der Waals surface area contributed by atoms with Crippen molar-refractivity contribution in [3.8, 4) is 0 Å². The Kier molecular flexibility index (Phi) is 5.55. The molecule has 3 nitrogen and oxygen atoms in total. The Hall–Kier alpha value is -2.65. The maximum Gasteiger partial charge on any atom is 0.433 e. The van der Waals surface area contributed by atoms with Crippen LogP contribution in [-0.2, 0) is 18.8 Å². The Morgan fingerprint density at radius 3 is 2.14 bits per heavy atom. The van der Waals surface area contributed by atoms with Crippen molar-refractivity contribution in [3.63, 3.8) is 0 Å². The standard InChI is InChI=1S/C20H16F6N2O/c21-19(22,23)14-8-4-7-12-13(10-16(20(24,25)26)28-17(12)14)18(29)15(27)9-11-5-2-1-3-6-11/h1-8,10,15,18,29H,9,27H2/t15-,18?/m0/s1. The molecule has 0 spiro atoms. The molecule has 0 amide bonds. The molecule has 2 aromatic carbocycles. The maximum absolute atomic E-state index is 13.3. The third-order valence-corrected chi connectivity index (χ3v) is 4.51. The van der Waals surface area contributed by atoms with E-state index in [1.54, 1.807) is 30.3 Å². The minimum Gasteiger partial charge on any atom is -0.387 e. The topological polar surface area (TPSA) is 59.1 Å². The number of nitrogens with two attached hydrogens (primary N) is 1. The number of aromatic nitrogens is 1. The Morgan fingerprint density at radius 2 is 1.55 bits per heavy atom. The van der Waals surface area contributed by atoms with Gasteiger partial charge in [0.05, 0.1) is 17.2 Å². The van der Waals surface area contributed by atoms with E-state index in [2.05, 4.69) is 4.98 Å². The number of nitrogens with zero attached hydrogens (tertiary/aromatic N) is 1. The fourth-order valence-electron chi connectivity index (χ4n) is 3.12. The predicted octanol–water partition coefficient (Wildman–Crippen LogP) is 4.88. The molecule has 1 unspecified atom stereocenters. The summed E-state index contributed by atoms with van der Waals surface area (Å²) < 4.78 is 79.8. The number of pyridine rings is 1. The lowest BCUT2D eigenvalue weighted by atomic mass is 9.93. The lowest BCUT2D eigenvalue weighted by molar-refractivity contribution is -0.142. The van der Waals surface area contributed by atoms with Gasteiger partial charge in [-0.15, -0.1) is 0 Å². The Balaban J connectivity index is 2.15. The van der Waals surface area contributed by atoms with E-state index >= 15 is 0 Å². The lowest BCUT2D eigenvalue weighted by Gasteiger charge is -2.23. The smallest absolute Gasteiger partial charge is 0.387 e. The summed E-state index contributed by atoms with van der Waals surface area (Å²) in [7, 11) is 0. The molecule has 0 aliphatic rings. The summed E-state index contributed by atoms with van der Waals surface area (Å²) in [6.45, 7) is 0. The average Bonchev–Trinajstić information content (AvgIpc) is 2.65. The van der Waals surface area contributed by atoms with Crippen molar-refractivity contribution < 1.29 is 31.4 Å². The highest BCUT2D eigenvalue weighted by Gasteiger charge is 2.38. The molecule has 0 bridgehead atoms. The fraction of sp³-hybridized carbons (Fsp3) is 0.250. The molecule has 29 heavy (non-hydrogen) atoms. The van der Waals surface area contributed by atoms with Gasteiger partial charge in [-0.3, -0.25) is 0 Å². The van der Waals surface area contributed by atoms with Gasteiger partial charge in [0, 0.05) is 11.4 Å². The minimum atomic E-state index is -5.00. The van der Waals surface area contributed by atoms with Crippen LogP contribution in [0.25, 0.3) is 10.9 Å². The van der Waals surface area contributed by atoms with E-state index in [0.29, 0.717) is 12.1 Å². The third kappa shape index (κ3) is 4.51. The average molecular weight is 414 g/mol. The number of hydrogen-bond acceptors (Lipinski definition) is 3. The number of alkyl halides is 6. The molecule has 154 valence electrons. The van der Waals surface area contributed by atoms with E-state index in [-0.39, 0.29) is 17.4 Å². The van der Waals surface area contributed by atoms with Gasteiger partial charge < -0.3 is 10.8 Å². The normalized spacial score (nSPS) is 14.8. The van der Waals surface area contributed by atoms with Crippen molar-refractivity contribution in [2.45, 2.75) is 30.9 Å². The van der Waals surface area contributed by atoms with Crippen LogP contribution in [0.4, 0.5) is 26.3 Å². The van der Waals surface area contributed by atoms with Crippen LogP contribution in [0.2, 0.25) is 0 Å². The number of halogens is 6. The van der Waals surface area contributed by atoms with E-state index in [1.165, 1.54) is 6.07 Å². The molecule has 3 aromatic rings. The molecule has 0 radical (unpaired) electrons. The number of rotatable bonds is 4. The van der Waals surface area contributed by atoms with Crippen molar-refractivity contribution in [1.82, 2.24) is 4.98 Å². The summed E-state index contributed by atoms with van der Waals surface area (Å²) in [5, 5.41) is 10.4. The molecule has 3 rings (SSSR count). The highest BCUT2D eigenvalue weighted by atomic mass is 19.4. The lowest BCUT2D eigenvalue weighted by Crippen LogP contribution is -2.31. The minimum absolute atomic E-state index is 0.117. The van der Waals surface area contributed by atoms with Crippen LogP contribution in [0.1, 0.15) is 28.5 Å². The number of para-hydroxylation sites is 1. The second-order valence-corrected chi connectivity index (χ2v) is 6.59. The van der Waals surface area contributed by atoms with Gasteiger partial charge in [-0.05, 0) is 29.7 Å².